The van der Waals surface area contributed by atoms with Gasteiger partial charge in [-0.2, -0.15) is 0 Å². The minimum atomic E-state index is 0.102. The second kappa shape index (κ2) is 12.4. The molecule has 0 aliphatic rings. The van der Waals surface area contributed by atoms with Gasteiger partial charge in [-0.05, 0) is 62.2 Å². The zero-order valence-corrected chi connectivity index (χ0v) is 23.6. The minimum Gasteiger partial charge on any atom is -0.348 e. The third-order valence-electron chi connectivity index (χ3n) is 7.37. The largest absolute Gasteiger partial charge is 0.348 e. The van der Waals surface area contributed by atoms with Gasteiger partial charge >= 0.3 is 0 Å². The van der Waals surface area contributed by atoms with Crippen LogP contribution in [0.1, 0.15) is 62.4 Å². The Morgan fingerprint density at radius 3 is 2.36 bits per heavy atom. The molecule has 204 valence electrons. The fourth-order valence-corrected chi connectivity index (χ4v) is 5.38. The fraction of sp³-hybridized carbons (Fsp3) is 0.387. The van der Waals surface area contributed by atoms with Gasteiger partial charge in [0, 0.05) is 50.5 Å². The minimum absolute atomic E-state index is 0.102. The molecule has 5 rings (SSSR count). The van der Waals surface area contributed by atoms with E-state index in [1.807, 2.05) is 12.4 Å². The summed E-state index contributed by atoms with van der Waals surface area (Å²) in [5, 5.41) is 0. The van der Waals surface area contributed by atoms with Crippen molar-refractivity contribution in [2.75, 3.05) is 13.1 Å². The van der Waals surface area contributed by atoms with E-state index in [1.165, 1.54) is 24.0 Å². The van der Waals surface area contributed by atoms with Gasteiger partial charge in [0.2, 0.25) is 0 Å². The van der Waals surface area contributed by atoms with Gasteiger partial charge in [0.15, 0.2) is 0 Å². The first-order valence-corrected chi connectivity index (χ1v) is 14.0. The van der Waals surface area contributed by atoms with Crippen LogP contribution in [0, 0.1) is 0 Å². The highest BCUT2D eigenvalue weighted by Crippen LogP contribution is 2.27. The number of H-pyrrole nitrogens is 2. The predicted octanol–water partition coefficient (Wildman–Crippen LogP) is 6.07. The predicted molar refractivity (Wildman–Crippen MR) is 157 cm³/mol. The van der Waals surface area contributed by atoms with E-state index < -0.39 is 0 Å². The lowest BCUT2D eigenvalue weighted by Crippen LogP contribution is -2.27. The fourth-order valence-electron chi connectivity index (χ4n) is 5.38. The SMILES string of the molecule is CCCN(CCC)Cc1cccc(-c2nc3ccc(CN(Cc4ncc[nH]4)C(C)c4ncc[nH]4)cc3n2C)c1. The Labute approximate surface area is 231 Å². The quantitative estimate of drug-likeness (QED) is 0.195. The van der Waals surface area contributed by atoms with Crippen molar-refractivity contribution in [3.05, 3.63) is 90.0 Å². The number of fused-ring (bicyclic) bond motifs is 1. The highest BCUT2D eigenvalue weighted by Gasteiger charge is 2.20. The van der Waals surface area contributed by atoms with E-state index in [2.05, 4.69) is 105 Å². The number of rotatable bonds is 13. The molecule has 0 fully saturated rings. The van der Waals surface area contributed by atoms with Crippen molar-refractivity contribution in [3.8, 4) is 11.4 Å². The summed E-state index contributed by atoms with van der Waals surface area (Å²) in [4.78, 5) is 25.4. The van der Waals surface area contributed by atoms with Crippen molar-refractivity contribution in [1.29, 1.82) is 0 Å². The number of nitrogens with one attached hydrogen (secondary N) is 2. The summed E-state index contributed by atoms with van der Waals surface area (Å²) in [6, 6.07) is 15.6. The van der Waals surface area contributed by atoms with Crippen LogP contribution in [0.4, 0.5) is 0 Å². The van der Waals surface area contributed by atoms with Gasteiger partial charge in [0.05, 0.1) is 23.6 Å². The van der Waals surface area contributed by atoms with Crippen LogP contribution in [0.15, 0.2) is 67.3 Å². The maximum Gasteiger partial charge on any atom is 0.140 e. The molecule has 0 saturated heterocycles. The van der Waals surface area contributed by atoms with E-state index in [0.29, 0.717) is 6.54 Å². The van der Waals surface area contributed by atoms with Crippen LogP contribution in [0.25, 0.3) is 22.4 Å². The van der Waals surface area contributed by atoms with E-state index in [9.17, 15) is 0 Å². The van der Waals surface area contributed by atoms with E-state index >= 15 is 0 Å². The lowest BCUT2D eigenvalue weighted by Gasteiger charge is -2.27. The number of imidazole rings is 3. The molecule has 0 amide bonds. The van der Waals surface area contributed by atoms with E-state index in [-0.39, 0.29) is 6.04 Å². The third-order valence-corrected chi connectivity index (χ3v) is 7.37. The van der Waals surface area contributed by atoms with Crippen molar-refractivity contribution in [2.24, 2.45) is 7.05 Å². The molecule has 8 nitrogen and oxygen atoms in total. The summed E-state index contributed by atoms with van der Waals surface area (Å²) >= 11 is 0. The number of nitrogens with zero attached hydrogens (tertiary/aromatic N) is 6. The molecule has 3 aromatic heterocycles. The van der Waals surface area contributed by atoms with E-state index in [1.54, 1.807) is 12.4 Å². The van der Waals surface area contributed by atoms with Crippen LogP contribution in [0.3, 0.4) is 0 Å². The topological polar surface area (TPSA) is 81.7 Å². The van der Waals surface area contributed by atoms with Crippen molar-refractivity contribution in [2.45, 2.75) is 59.3 Å². The van der Waals surface area contributed by atoms with Gasteiger partial charge in [-0.1, -0.05) is 38.1 Å². The van der Waals surface area contributed by atoms with Gasteiger partial charge < -0.3 is 14.5 Å². The van der Waals surface area contributed by atoms with Crippen LogP contribution < -0.4 is 0 Å². The van der Waals surface area contributed by atoms with Crippen LogP contribution in [-0.2, 0) is 26.7 Å². The number of hydrogen-bond acceptors (Lipinski definition) is 5. The van der Waals surface area contributed by atoms with Crippen molar-refractivity contribution in [1.82, 2.24) is 39.3 Å². The summed E-state index contributed by atoms with van der Waals surface area (Å²) < 4.78 is 2.22. The zero-order valence-electron chi connectivity index (χ0n) is 23.6. The first-order chi connectivity index (χ1) is 19.1. The van der Waals surface area contributed by atoms with Gasteiger partial charge in [-0.15, -0.1) is 0 Å². The molecule has 8 heteroatoms. The highest BCUT2D eigenvalue weighted by atomic mass is 15.2. The van der Waals surface area contributed by atoms with E-state index in [4.69, 9.17) is 4.98 Å². The van der Waals surface area contributed by atoms with Gasteiger partial charge in [0.1, 0.15) is 17.5 Å². The standard InChI is InChI=1S/C31H40N8/c1-5-16-38(17-6-2)20-24-8-7-9-26(18-24)31-36-27-11-10-25(19-28(27)37(31)4)21-39(22-29-32-12-13-33-29)23(3)30-34-14-15-35-30/h7-15,18-19,23H,5-6,16-17,20-22H2,1-4H3,(H,32,33)(H,34,35). The molecular weight excluding hydrogens is 484 g/mol. The van der Waals surface area contributed by atoms with Crippen LogP contribution in [-0.4, -0.2) is 52.4 Å². The molecule has 2 N–H and O–H groups in total. The lowest BCUT2D eigenvalue weighted by atomic mass is 10.1. The Bertz CT molecular complexity index is 1450. The molecule has 2 aromatic carbocycles. The second-order valence-corrected chi connectivity index (χ2v) is 10.4. The van der Waals surface area contributed by atoms with Crippen molar-refractivity contribution >= 4 is 11.0 Å². The smallest absolute Gasteiger partial charge is 0.140 e. The maximum absolute atomic E-state index is 5.04. The molecule has 0 radical (unpaired) electrons. The molecule has 39 heavy (non-hydrogen) atoms. The summed E-state index contributed by atoms with van der Waals surface area (Å²) in [7, 11) is 2.12. The van der Waals surface area contributed by atoms with Gasteiger partial charge in [-0.25, -0.2) is 15.0 Å². The molecule has 1 atom stereocenters. The van der Waals surface area contributed by atoms with Gasteiger partial charge in [-0.3, -0.25) is 9.80 Å². The molecule has 0 saturated carbocycles. The zero-order chi connectivity index (χ0) is 27.2. The average molecular weight is 525 g/mol. The molecule has 5 aromatic rings. The highest BCUT2D eigenvalue weighted by molar-refractivity contribution is 5.81. The van der Waals surface area contributed by atoms with Crippen molar-refractivity contribution in [3.63, 3.8) is 0 Å². The number of aromatic amines is 2. The van der Waals surface area contributed by atoms with Gasteiger partial charge in [0.25, 0.3) is 0 Å². The second-order valence-electron chi connectivity index (χ2n) is 10.4. The Morgan fingerprint density at radius 1 is 0.872 bits per heavy atom. The Hall–Kier alpha value is -3.75. The lowest BCUT2D eigenvalue weighted by molar-refractivity contribution is 0.181. The number of aryl methyl sites for hydroxylation is 1. The monoisotopic (exact) mass is 524 g/mol. The summed E-state index contributed by atoms with van der Waals surface area (Å²) in [5.74, 6) is 2.88. The summed E-state index contributed by atoms with van der Waals surface area (Å²) in [5.41, 5.74) is 5.87. The van der Waals surface area contributed by atoms with Crippen LogP contribution in [0.2, 0.25) is 0 Å². The first kappa shape index (κ1) is 26.8. The Kier molecular flexibility index (Phi) is 8.54. The number of hydrogen-bond donors (Lipinski definition) is 2. The molecule has 0 aliphatic heterocycles. The summed E-state index contributed by atoms with van der Waals surface area (Å²) in [6.07, 6.45) is 9.70. The Balaban J connectivity index is 1.40. The molecular formula is C31H40N8. The normalized spacial score (nSPS) is 12.7. The summed E-state index contributed by atoms with van der Waals surface area (Å²) in [6.45, 7) is 11.4. The molecule has 0 bridgehead atoms. The van der Waals surface area contributed by atoms with Crippen LogP contribution in [0.5, 0.6) is 0 Å². The van der Waals surface area contributed by atoms with E-state index in [0.717, 1.165) is 60.2 Å². The van der Waals surface area contributed by atoms with Crippen LogP contribution >= 0.6 is 0 Å². The molecule has 3 heterocycles. The number of benzene rings is 2. The maximum atomic E-state index is 5.04. The molecule has 1 unspecified atom stereocenters. The molecule has 0 spiro atoms. The number of aromatic nitrogens is 6. The average Bonchev–Trinajstić information content (AvgIpc) is 3.71. The van der Waals surface area contributed by atoms with Crippen molar-refractivity contribution < 1.29 is 0 Å². The molecule has 0 aliphatic carbocycles. The Morgan fingerprint density at radius 2 is 1.64 bits per heavy atom. The third kappa shape index (κ3) is 6.29. The first-order valence-electron chi connectivity index (χ1n) is 14.0.